The molecular formula is C19H39NO5Si. The van der Waals surface area contributed by atoms with Gasteiger partial charge in [0.2, 0.25) is 0 Å². The Labute approximate surface area is 159 Å². The van der Waals surface area contributed by atoms with Crippen LogP contribution in [0, 0.1) is 11.3 Å². The maximum absolute atomic E-state index is 11.5. The molecule has 1 heterocycles. The number of nitrogens with one attached hydrogen (secondary N) is 1. The van der Waals surface area contributed by atoms with Crippen LogP contribution in [0.1, 0.15) is 54.4 Å². The minimum absolute atomic E-state index is 0.0346. The van der Waals surface area contributed by atoms with Crippen molar-refractivity contribution in [2.24, 2.45) is 11.3 Å². The molecule has 1 aliphatic rings. The molecule has 0 bridgehead atoms. The normalized spacial score (nSPS) is 22.7. The van der Waals surface area contributed by atoms with Crippen LogP contribution in [0.25, 0.3) is 0 Å². The van der Waals surface area contributed by atoms with E-state index in [2.05, 4.69) is 39.2 Å². The van der Waals surface area contributed by atoms with E-state index < -0.39 is 38.1 Å². The summed E-state index contributed by atoms with van der Waals surface area (Å²) in [5, 5.41) is 23.0. The molecule has 1 rings (SSSR count). The van der Waals surface area contributed by atoms with Gasteiger partial charge in [0.05, 0.1) is 18.2 Å². The fourth-order valence-electron chi connectivity index (χ4n) is 2.94. The molecule has 1 unspecified atom stereocenters. The lowest BCUT2D eigenvalue weighted by Crippen LogP contribution is -2.58. The number of aliphatic hydroxyl groups is 1. The van der Waals surface area contributed by atoms with Gasteiger partial charge in [-0.25, -0.2) is 4.79 Å². The minimum atomic E-state index is -2.20. The summed E-state index contributed by atoms with van der Waals surface area (Å²) >= 11 is 0. The van der Waals surface area contributed by atoms with E-state index in [1.807, 2.05) is 20.8 Å². The van der Waals surface area contributed by atoms with Crippen LogP contribution in [0.15, 0.2) is 0 Å². The van der Waals surface area contributed by atoms with Crippen molar-refractivity contribution in [2.75, 3.05) is 13.2 Å². The maximum Gasteiger partial charge on any atom is 0.404 e. The van der Waals surface area contributed by atoms with Crippen molar-refractivity contribution in [1.82, 2.24) is 5.32 Å². The molecule has 3 N–H and O–H groups in total. The van der Waals surface area contributed by atoms with Crippen LogP contribution in [0.3, 0.4) is 0 Å². The van der Waals surface area contributed by atoms with Gasteiger partial charge in [-0.3, -0.25) is 0 Å². The molecule has 0 aromatic rings. The average Bonchev–Trinajstić information content (AvgIpc) is 2.93. The molecule has 0 aromatic carbocycles. The number of carbonyl (C=O) groups is 1. The summed E-state index contributed by atoms with van der Waals surface area (Å²) in [6, 6.07) is -0.470. The molecule has 1 amide bonds. The monoisotopic (exact) mass is 389 g/mol. The zero-order chi connectivity index (χ0) is 20.3. The molecule has 154 valence electrons. The number of hydrogen-bond acceptors (Lipinski definition) is 4. The number of ether oxygens (including phenoxy) is 1. The smallest absolute Gasteiger partial charge is 0.404 e. The van der Waals surface area contributed by atoms with Crippen LogP contribution in [-0.4, -0.2) is 56.1 Å². The first-order chi connectivity index (χ1) is 11.6. The van der Waals surface area contributed by atoms with Crippen molar-refractivity contribution in [1.29, 1.82) is 0 Å². The number of carboxylic acid groups (broad SMARTS) is 1. The Morgan fingerprint density at radius 2 is 1.85 bits per heavy atom. The lowest BCUT2D eigenvalue weighted by atomic mass is 9.81. The predicted octanol–water partition coefficient (Wildman–Crippen LogP) is 3.85. The fraction of sp³-hybridized carbons (Fsp3) is 0.947. The SMILES string of the molecule is CC(C)(C)C(O)[C@@H](O[Si](C)(C)C(C)(C)C)[C@H](C[C@H]1CCOC1)NC(=O)O. The summed E-state index contributed by atoms with van der Waals surface area (Å²) < 4.78 is 12.0. The van der Waals surface area contributed by atoms with E-state index >= 15 is 0 Å². The molecule has 0 spiro atoms. The van der Waals surface area contributed by atoms with Gasteiger partial charge in [-0.1, -0.05) is 41.5 Å². The van der Waals surface area contributed by atoms with Crippen molar-refractivity contribution in [2.45, 2.75) is 90.8 Å². The Kier molecular flexibility index (Phi) is 7.73. The molecule has 7 heteroatoms. The maximum atomic E-state index is 11.5. The molecule has 1 fully saturated rings. The quantitative estimate of drug-likeness (QED) is 0.576. The second-order valence-corrected chi connectivity index (χ2v) is 14.9. The van der Waals surface area contributed by atoms with Crippen molar-refractivity contribution in [3.8, 4) is 0 Å². The van der Waals surface area contributed by atoms with Crippen LogP contribution in [0.4, 0.5) is 4.79 Å². The molecule has 1 aliphatic heterocycles. The van der Waals surface area contributed by atoms with Gasteiger partial charge in [-0.15, -0.1) is 0 Å². The van der Waals surface area contributed by atoms with Crippen LogP contribution < -0.4 is 5.32 Å². The van der Waals surface area contributed by atoms with E-state index in [9.17, 15) is 15.0 Å². The van der Waals surface area contributed by atoms with Gasteiger partial charge in [0.1, 0.15) is 0 Å². The Balaban J connectivity index is 3.16. The number of rotatable bonds is 7. The Hall–Kier alpha value is -0.633. The van der Waals surface area contributed by atoms with E-state index in [-0.39, 0.29) is 11.0 Å². The molecule has 6 nitrogen and oxygen atoms in total. The first-order valence-corrected chi connectivity index (χ1v) is 12.5. The molecular weight excluding hydrogens is 350 g/mol. The highest BCUT2D eigenvalue weighted by Gasteiger charge is 2.46. The highest BCUT2D eigenvalue weighted by molar-refractivity contribution is 6.74. The first kappa shape index (κ1) is 23.4. The third-order valence-corrected chi connectivity index (χ3v) is 10.2. The molecule has 26 heavy (non-hydrogen) atoms. The van der Waals surface area contributed by atoms with Gasteiger partial charge < -0.3 is 24.7 Å². The molecule has 0 aromatic heterocycles. The third-order valence-electron chi connectivity index (χ3n) is 5.75. The summed E-state index contributed by atoms with van der Waals surface area (Å²) in [7, 11) is -2.20. The van der Waals surface area contributed by atoms with Gasteiger partial charge in [0, 0.05) is 13.2 Å². The van der Waals surface area contributed by atoms with Crippen molar-refractivity contribution in [3.05, 3.63) is 0 Å². The lowest BCUT2D eigenvalue weighted by molar-refractivity contribution is -0.0555. The number of hydrogen-bond donors (Lipinski definition) is 3. The van der Waals surface area contributed by atoms with Crippen molar-refractivity contribution < 1.29 is 24.2 Å². The van der Waals surface area contributed by atoms with Crippen LogP contribution in [-0.2, 0) is 9.16 Å². The second kappa shape index (κ2) is 8.58. The minimum Gasteiger partial charge on any atom is -0.465 e. The number of amides is 1. The van der Waals surface area contributed by atoms with E-state index in [4.69, 9.17) is 9.16 Å². The summed E-state index contributed by atoms with van der Waals surface area (Å²) in [5.74, 6) is 0.282. The third kappa shape index (κ3) is 6.51. The van der Waals surface area contributed by atoms with Gasteiger partial charge in [-0.2, -0.15) is 0 Å². The van der Waals surface area contributed by atoms with Crippen molar-refractivity contribution in [3.63, 3.8) is 0 Å². The van der Waals surface area contributed by atoms with Gasteiger partial charge in [0.15, 0.2) is 8.32 Å². The van der Waals surface area contributed by atoms with Crippen LogP contribution >= 0.6 is 0 Å². The molecule has 1 saturated heterocycles. The van der Waals surface area contributed by atoms with Gasteiger partial charge >= 0.3 is 6.09 Å². The Morgan fingerprint density at radius 3 is 2.23 bits per heavy atom. The molecule has 0 radical (unpaired) electrons. The second-order valence-electron chi connectivity index (χ2n) is 10.2. The molecule has 0 aliphatic carbocycles. The Bertz CT molecular complexity index is 464. The van der Waals surface area contributed by atoms with Crippen LogP contribution in [0.5, 0.6) is 0 Å². The first-order valence-electron chi connectivity index (χ1n) is 9.58. The summed E-state index contributed by atoms with van der Waals surface area (Å²) in [6.07, 6.45) is -0.933. The highest BCUT2D eigenvalue weighted by Crippen LogP contribution is 2.40. The fourth-order valence-corrected chi connectivity index (χ4v) is 4.27. The zero-order valence-corrected chi connectivity index (χ0v) is 18.8. The molecule has 4 atom stereocenters. The Morgan fingerprint density at radius 1 is 1.27 bits per heavy atom. The summed E-state index contributed by atoms with van der Waals surface area (Å²) in [6.45, 7) is 17.9. The predicted molar refractivity (Wildman–Crippen MR) is 106 cm³/mol. The highest BCUT2D eigenvalue weighted by atomic mass is 28.4. The van der Waals surface area contributed by atoms with Gasteiger partial charge in [-0.05, 0) is 42.3 Å². The largest absolute Gasteiger partial charge is 0.465 e. The topological polar surface area (TPSA) is 88.0 Å². The summed E-state index contributed by atoms with van der Waals surface area (Å²) in [4.78, 5) is 11.5. The molecule has 0 saturated carbocycles. The van der Waals surface area contributed by atoms with E-state index in [0.717, 1.165) is 6.42 Å². The standard InChI is InChI=1S/C19H39NO5Si/c1-18(2,3)16(21)15(25-26(7,8)19(4,5)6)14(20-17(22)23)11-13-9-10-24-12-13/h13-16,20-21H,9-12H2,1-8H3,(H,22,23)/t13-,14+,15+,16?/m1/s1. The van der Waals surface area contributed by atoms with E-state index in [1.165, 1.54) is 0 Å². The number of aliphatic hydroxyl groups excluding tert-OH is 1. The lowest BCUT2D eigenvalue weighted by Gasteiger charge is -2.45. The van der Waals surface area contributed by atoms with Gasteiger partial charge in [0.25, 0.3) is 0 Å². The average molecular weight is 390 g/mol. The van der Waals surface area contributed by atoms with Crippen LogP contribution in [0.2, 0.25) is 18.1 Å². The zero-order valence-electron chi connectivity index (χ0n) is 17.8. The van der Waals surface area contributed by atoms with E-state index in [0.29, 0.717) is 19.6 Å². The van der Waals surface area contributed by atoms with E-state index in [1.54, 1.807) is 0 Å². The van der Waals surface area contributed by atoms with Crippen molar-refractivity contribution >= 4 is 14.4 Å². The summed E-state index contributed by atoms with van der Waals surface area (Å²) in [5.41, 5.74) is -0.419.